The van der Waals surface area contributed by atoms with E-state index in [1.54, 1.807) is 0 Å². The fourth-order valence-electron chi connectivity index (χ4n) is 1.99. The Balaban J connectivity index is 2.00. The monoisotopic (exact) mass is 236 g/mol. The Morgan fingerprint density at radius 1 is 1.41 bits per heavy atom. The minimum absolute atomic E-state index is 0.160. The average Bonchev–Trinajstić information content (AvgIpc) is 2.39. The first kappa shape index (κ1) is 12.4. The van der Waals surface area contributed by atoms with Gasteiger partial charge < -0.3 is 14.6 Å². The average molecular weight is 236 g/mol. The van der Waals surface area contributed by atoms with Crippen LogP contribution >= 0.6 is 0 Å². The lowest BCUT2D eigenvalue weighted by molar-refractivity contribution is 0.0255. The van der Waals surface area contributed by atoms with Gasteiger partial charge in [0, 0.05) is 25.4 Å². The molecule has 2 rings (SSSR count). The highest BCUT2D eigenvalue weighted by molar-refractivity contribution is 5.30. The van der Waals surface area contributed by atoms with Gasteiger partial charge in [-0.15, -0.1) is 0 Å². The van der Waals surface area contributed by atoms with E-state index in [9.17, 15) is 0 Å². The zero-order chi connectivity index (χ0) is 12.1. The topological polar surface area (TPSA) is 38.7 Å². The smallest absolute Gasteiger partial charge is 0.120 e. The Morgan fingerprint density at radius 3 is 2.88 bits per heavy atom. The molecule has 1 aliphatic rings. The van der Waals surface area contributed by atoms with Gasteiger partial charge in [-0.2, -0.15) is 0 Å². The van der Waals surface area contributed by atoms with Crippen molar-refractivity contribution in [2.45, 2.75) is 31.8 Å². The molecule has 0 spiro atoms. The summed E-state index contributed by atoms with van der Waals surface area (Å²) in [6.45, 7) is 3.75. The molecular weight excluding hydrogens is 216 g/mol. The second-order valence-electron chi connectivity index (χ2n) is 4.59. The van der Waals surface area contributed by atoms with Crippen LogP contribution in [0, 0.1) is 0 Å². The maximum atomic E-state index is 9.14. The predicted octanol–water partition coefficient (Wildman–Crippen LogP) is 2.34. The van der Waals surface area contributed by atoms with Crippen molar-refractivity contribution in [1.29, 1.82) is 0 Å². The van der Waals surface area contributed by atoms with Gasteiger partial charge in [0.25, 0.3) is 0 Å². The number of aliphatic hydroxyl groups is 1. The van der Waals surface area contributed by atoms with Gasteiger partial charge >= 0.3 is 0 Å². The van der Waals surface area contributed by atoms with E-state index in [-0.39, 0.29) is 18.6 Å². The summed E-state index contributed by atoms with van der Waals surface area (Å²) < 4.78 is 11.2. The number of hydrogen-bond acceptors (Lipinski definition) is 3. The predicted molar refractivity (Wildman–Crippen MR) is 66.4 cm³/mol. The van der Waals surface area contributed by atoms with Crippen molar-refractivity contribution in [1.82, 2.24) is 0 Å². The first-order valence-electron chi connectivity index (χ1n) is 6.25. The summed E-state index contributed by atoms with van der Waals surface area (Å²) in [5.74, 6) is 1.06. The zero-order valence-electron chi connectivity index (χ0n) is 10.3. The van der Waals surface area contributed by atoms with Crippen LogP contribution in [0.2, 0.25) is 0 Å². The van der Waals surface area contributed by atoms with Crippen molar-refractivity contribution in [3.63, 3.8) is 0 Å². The lowest BCUT2D eigenvalue weighted by Crippen LogP contribution is -2.25. The highest BCUT2D eigenvalue weighted by Gasteiger charge is 2.15. The third-order valence-corrected chi connectivity index (χ3v) is 3.17. The Kier molecular flexibility index (Phi) is 4.40. The quantitative estimate of drug-likeness (QED) is 0.872. The fourth-order valence-corrected chi connectivity index (χ4v) is 1.99. The van der Waals surface area contributed by atoms with Crippen LogP contribution in [0.4, 0.5) is 0 Å². The lowest BCUT2D eigenvalue weighted by atomic mass is 10.0. The van der Waals surface area contributed by atoms with Gasteiger partial charge in [-0.05, 0) is 17.7 Å². The summed E-state index contributed by atoms with van der Waals surface area (Å²) in [5, 5.41) is 9.14. The Bertz CT molecular complexity index is 345. The first-order chi connectivity index (χ1) is 8.29. The van der Waals surface area contributed by atoms with Crippen LogP contribution in [0.5, 0.6) is 5.75 Å². The molecule has 1 N–H and O–H groups in total. The molecule has 17 heavy (non-hydrogen) atoms. The molecule has 1 aliphatic heterocycles. The van der Waals surface area contributed by atoms with Crippen LogP contribution < -0.4 is 4.74 Å². The lowest BCUT2D eigenvalue weighted by Gasteiger charge is -2.23. The highest BCUT2D eigenvalue weighted by Crippen LogP contribution is 2.23. The largest absolute Gasteiger partial charge is 0.490 e. The summed E-state index contributed by atoms with van der Waals surface area (Å²) in [5.41, 5.74) is 1.12. The molecule has 1 aromatic carbocycles. The van der Waals surface area contributed by atoms with E-state index in [0.717, 1.165) is 37.4 Å². The molecule has 0 amide bonds. The normalized spacial score (nSPS) is 18.9. The third kappa shape index (κ3) is 3.45. The molecule has 0 bridgehead atoms. The van der Waals surface area contributed by atoms with Gasteiger partial charge in [0.1, 0.15) is 11.9 Å². The molecule has 1 aromatic rings. The maximum absolute atomic E-state index is 9.14. The van der Waals surface area contributed by atoms with E-state index in [1.165, 1.54) is 0 Å². The van der Waals surface area contributed by atoms with Crippen LogP contribution in [0.3, 0.4) is 0 Å². The van der Waals surface area contributed by atoms with Crippen LogP contribution in [0.1, 0.15) is 31.2 Å². The van der Waals surface area contributed by atoms with Crippen LogP contribution in [-0.4, -0.2) is 31.0 Å². The van der Waals surface area contributed by atoms with E-state index in [4.69, 9.17) is 14.6 Å². The molecule has 3 heteroatoms. The van der Waals surface area contributed by atoms with E-state index >= 15 is 0 Å². The van der Waals surface area contributed by atoms with Gasteiger partial charge in [-0.3, -0.25) is 0 Å². The molecule has 0 aliphatic carbocycles. The summed E-state index contributed by atoms with van der Waals surface area (Å²) >= 11 is 0. The summed E-state index contributed by atoms with van der Waals surface area (Å²) in [7, 11) is 0. The van der Waals surface area contributed by atoms with E-state index in [0.29, 0.717) is 0 Å². The van der Waals surface area contributed by atoms with Gasteiger partial charge in [0.15, 0.2) is 0 Å². The van der Waals surface area contributed by atoms with Crippen LogP contribution in [0.25, 0.3) is 0 Å². The molecule has 1 atom stereocenters. The Morgan fingerprint density at radius 2 is 2.18 bits per heavy atom. The minimum Gasteiger partial charge on any atom is -0.490 e. The van der Waals surface area contributed by atoms with Gasteiger partial charge in [-0.1, -0.05) is 19.1 Å². The van der Waals surface area contributed by atoms with Gasteiger partial charge in [0.05, 0.1) is 13.2 Å². The van der Waals surface area contributed by atoms with E-state index in [2.05, 4.69) is 0 Å². The number of rotatable bonds is 4. The second kappa shape index (κ2) is 6.03. The minimum atomic E-state index is 0.160. The maximum Gasteiger partial charge on any atom is 0.120 e. The van der Waals surface area contributed by atoms with Crippen molar-refractivity contribution in [3.8, 4) is 5.75 Å². The molecule has 1 unspecified atom stereocenters. The highest BCUT2D eigenvalue weighted by atomic mass is 16.5. The van der Waals surface area contributed by atoms with Gasteiger partial charge in [0.2, 0.25) is 0 Å². The number of benzene rings is 1. The van der Waals surface area contributed by atoms with Crippen molar-refractivity contribution >= 4 is 0 Å². The Labute approximate surface area is 102 Å². The van der Waals surface area contributed by atoms with Crippen molar-refractivity contribution in [2.75, 3.05) is 19.8 Å². The number of ether oxygens (including phenoxy) is 2. The SMILES string of the molecule is CC(CO)c1cccc(OC2CCOCC2)c1. The summed E-state index contributed by atoms with van der Waals surface area (Å²) in [4.78, 5) is 0. The molecule has 0 saturated carbocycles. The molecule has 1 saturated heterocycles. The molecule has 1 heterocycles. The zero-order valence-corrected chi connectivity index (χ0v) is 10.3. The molecular formula is C14H20O3. The molecule has 3 nitrogen and oxygen atoms in total. The Hall–Kier alpha value is -1.06. The van der Waals surface area contributed by atoms with Crippen molar-refractivity contribution in [2.24, 2.45) is 0 Å². The van der Waals surface area contributed by atoms with Crippen molar-refractivity contribution in [3.05, 3.63) is 29.8 Å². The van der Waals surface area contributed by atoms with Crippen LogP contribution in [0.15, 0.2) is 24.3 Å². The molecule has 0 aromatic heterocycles. The second-order valence-corrected chi connectivity index (χ2v) is 4.59. The van der Waals surface area contributed by atoms with Crippen LogP contribution in [-0.2, 0) is 4.74 Å². The van der Waals surface area contributed by atoms with Crippen molar-refractivity contribution < 1.29 is 14.6 Å². The number of hydrogen-bond donors (Lipinski definition) is 1. The molecule has 94 valence electrons. The first-order valence-corrected chi connectivity index (χ1v) is 6.25. The summed E-state index contributed by atoms with van der Waals surface area (Å²) in [6, 6.07) is 8.01. The molecule has 1 fully saturated rings. The molecule has 0 radical (unpaired) electrons. The van der Waals surface area contributed by atoms with E-state index in [1.807, 2.05) is 31.2 Å². The van der Waals surface area contributed by atoms with Gasteiger partial charge in [-0.25, -0.2) is 0 Å². The standard InChI is InChI=1S/C14H20O3/c1-11(10-15)12-3-2-4-14(9-12)17-13-5-7-16-8-6-13/h2-4,9,11,13,15H,5-8,10H2,1H3. The third-order valence-electron chi connectivity index (χ3n) is 3.17. The number of aliphatic hydroxyl groups excluding tert-OH is 1. The summed E-state index contributed by atoms with van der Waals surface area (Å²) in [6.07, 6.45) is 2.18. The van der Waals surface area contributed by atoms with E-state index < -0.39 is 0 Å². The fraction of sp³-hybridized carbons (Fsp3) is 0.571.